The second-order valence-corrected chi connectivity index (χ2v) is 7.80. The lowest BCUT2D eigenvalue weighted by atomic mass is 9.85. The van der Waals surface area contributed by atoms with Crippen molar-refractivity contribution in [3.63, 3.8) is 0 Å². The van der Waals surface area contributed by atoms with Gasteiger partial charge in [0, 0.05) is 17.4 Å². The van der Waals surface area contributed by atoms with Crippen LogP contribution in [0.3, 0.4) is 0 Å². The van der Waals surface area contributed by atoms with Gasteiger partial charge in [-0.25, -0.2) is 4.98 Å². The molecular weight excluding hydrogens is 398 g/mol. The Bertz CT molecular complexity index is 778. The van der Waals surface area contributed by atoms with Crippen LogP contribution in [0.1, 0.15) is 26.2 Å². The number of carbonyl (C=O) groups is 1. The molecule has 1 aliphatic rings. The Hall–Kier alpha value is -1.83. The van der Waals surface area contributed by atoms with Crippen LogP contribution in [0.15, 0.2) is 23.6 Å². The Labute approximate surface area is 176 Å². The predicted molar refractivity (Wildman–Crippen MR) is 116 cm³/mol. The Balaban J connectivity index is 0.00000280. The summed E-state index contributed by atoms with van der Waals surface area (Å²) in [6.07, 6.45) is 2.90. The normalized spacial score (nSPS) is 17.3. The third-order valence-electron chi connectivity index (χ3n) is 5.08. The number of ether oxygens (including phenoxy) is 2. The van der Waals surface area contributed by atoms with E-state index >= 15 is 0 Å². The summed E-state index contributed by atoms with van der Waals surface area (Å²) in [5.74, 6) is 2.40. The third-order valence-corrected chi connectivity index (χ3v) is 5.84. The number of nitrogens with one attached hydrogen (secondary N) is 2. The number of methoxy groups -OCH3 is 2. The minimum atomic E-state index is 0. The molecule has 2 atom stereocenters. The van der Waals surface area contributed by atoms with Crippen LogP contribution in [-0.4, -0.2) is 38.2 Å². The molecule has 0 radical (unpaired) electrons. The van der Waals surface area contributed by atoms with E-state index in [4.69, 9.17) is 9.47 Å². The van der Waals surface area contributed by atoms with Gasteiger partial charge >= 0.3 is 0 Å². The van der Waals surface area contributed by atoms with Gasteiger partial charge in [-0.15, -0.1) is 23.7 Å². The highest BCUT2D eigenvalue weighted by atomic mass is 35.5. The zero-order chi connectivity index (χ0) is 19.2. The molecule has 0 aliphatic carbocycles. The molecule has 1 aliphatic heterocycles. The van der Waals surface area contributed by atoms with Gasteiger partial charge in [0.05, 0.1) is 19.9 Å². The van der Waals surface area contributed by atoms with Crippen molar-refractivity contribution in [2.24, 2.45) is 11.8 Å². The van der Waals surface area contributed by atoms with Gasteiger partial charge in [0.25, 0.3) is 0 Å². The summed E-state index contributed by atoms with van der Waals surface area (Å²) in [6, 6.07) is 5.59. The average molecular weight is 426 g/mol. The van der Waals surface area contributed by atoms with Gasteiger partial charge in [-0.05, 0) is 56.0 Å². The van der Waals surface area contributed by atoms with Gasteiger partial charge in [-0.1, -0.05) is 6.92 Å². The lowest BCUT2D eigenvalue weighted by molar-refractivity contribution is -0.117. The Morgan fingerprint density at radius 2 is 2.21 bits per heavy atom. The van der Waals surface area contributed by atoms with Crippen LogP contribution in [0.2, 0.25) is 0 Å². The first kappa shape index (κ1) is 22.5. The highest BCUT2D eigenvalue weighted by Crippen LogP contribution is 2.35. The molecule has 2 unspecified atom stereocenters. The minimum Gasteiger partial charge on any atom is -0.497 e. The standard InChI is InChI=1S/C20H27N3O3S.ClH/c1-13(14-5-4-8-21-11-14)9-19(24)23-20-22-17(12-27-20)16-10-15(25-2)6-7-18(16)26-3;/h6-7,10,12-14,21H,4-5,8-9,11H2,1-3H3,(H,22,23,24);1H. The fraction of sp³-hybridized carbons (Fsp3) is 0.500. The highest BCUT2D eigenvalue weighted by molar-refractivity contribution is 7.14. The smallest absolute Gasteiger partial charge is 0.226 e. The van der Waals surface area contributed by atoms with Crippen LogP contribution in [0, 0.1) is 11.8 Å². The van der Waals surface area contributed by atoms with E-state index in [-0.39, 0.29) is 18.3 Å². The van der Waals surface area contributed by atoms with Gasteiger partial charge in [-0.2, -0.15) is 0 Å². The number of hydrogen-bond donors (Lipinski definition) is 2. The molecule has 2 aromatic rings. The van der Waals surface area contributed by atoms with Crippen molar-refractivity contribution in [1.29, 1.82) is 0 Å². The summed E-state index contributed by atoms with van der Waals surface area (Å²) >= 11 is 1.42. The van der Waals surface area contributed by atoms with Crippen molar-refractivity contribution in [2.45, 2.75) is 26.2 Å². The van der Waals surface area contributed by atoms with E-state index in [2.05, 4.69) is 22.5 Å². The van der Waals surface area contributed by atoms with E-state index < -0.39 is 0 Å². The van der Waals surface area contributed by atoms with Crippen LogP contribution < -0.4 is 20.1 Å². The Morgan fingerprint density at radius 1 is 1.39 bits per heavy atom. The quantitative estimate of drug-likeness (QED) is 0.695. The van der Waals surface area contributed by atoms with Crippen molar-refractivity contribution >= 4 is 34.8 Å². The zero-order valence-corrected chi connectivity index (χ0v) is 18.1. The second-order valence-electron chi connectivity index (χ2n) is 6.94. The number of piperidine rings is 1. The van der Waals surface area contributed by atoms with Gasteiger partial charge < -0.3 is 20.1 Å². The fourth-order valence-electron chi connectivity index (χ4n) is 3.46. The maximum absolute atomic E-state index is 12.4. The lowest BCUT2D eigenvalue weighted by Gasteiger charge is -2.27. The zero-order valence-electron chi connectivity index (χ0n) is 16.5. The third kappa shape index (κ3) is 5.59. The fourth-order valence-corrected chi connectivity index (χ4v) is 4.19. The Morgan fingerprint density at radius 3 is 2.89 bits per heavy atom. The first-order valence-corrected chi connectivity index (χ1v) is 10.2. The van der Waals surface area contributed by atoms with Gasteiger partial charge in [0.15, 0.2) is 5.13 Å². The van der Waals surface area contributed by atoms with Crippen LogP contribution in [0.5, 0.6) is 11.5 Å². The van der Waals surface area contributed by atoms with E-state index in [1.54, 1.807) is 14.2 Å². The van der Waals surface area contributed by atoms with Crippen LogP contribution in [0.25, 0.3) is 11.3 Å². The number of nitrogens with zero attached hydrogens (tertiary/aromatic N) is 1. The molecule has 2 N–H and O–H groups in total. The number of benzene rings is 1. The first-order chi connectivity index (χ1) is 13.1. The average Bonchev–Trinajstić information content (AvgIpc) is 3.16. The Kier molecular flexibility index (Phi) is 8.54. The van der Waals surface area contributed by atoms with Crippen molar-refractivity contribution in [3.05, 3.63) is 23.6 Å². The number of amides is 1. The maximum Gasteiger partial charge on any atom is 0.226 e. The highest BCUT2D eigenvalue weighted by Gasteiger charge is 2.22. The molecule has 1 aromatic carbocycles. The number of rotatable bonds is 7. The van der Waals surface area contributed by atoms with Gasteiger partial charge in [0.1, 0.15) is 11.5 Å². The van der Waals surface area contributed by atoms with E-state index in [0.717, 1.165) is 35.8 Å². The first-order valence-electron chi connectivity index (χ1n) is 9.29. The molecule has 3 rings (SSSR count). The summed E-state index contributed by atoms with van der Waals surface area (Å²) in [6.45, 7) is 4.25. The molecule has 2 heterocycles. The molecule has 1 saturated heterocycles. The van der Waals surface area contributed by atoms with Crippen LogP contribution in [0.4, 0.5) is 5.13 Å². The molecule has 1 aromatic heterocycles. The summed E-state index contributed by atoms with van der Waals surface area (Å²) in [5.41, 5.74) is 1.60. The number of carbonyl (C=O) groups excluding carboxylic acids is 1. The summed E-state index contributed by atoms with van der Waals surface area (Å²) < 4.78 is 10.7. The molecule has 1 amide bonds. The topological polar surface area (TPSA) is 72.5 Å². The number of thiazole rings is 1. The molecule has 154 valence electrons. The molecule has 28 heavy (non-hydrogen) atoms. The predicted octanol–water partition coefficient (Wildman–Crippen LogP) is 4.21. The molecule has 8 heteroatoms. The summed E-state index contributed by atoms with van der Waals surface area (Å²) in [4.78, 5) is 17.0. The molecule has 0 saturated carbocycles. The largest absolute Gasteiger partial charge is 0.497 e. The molecule has 6 nitrogen and oxygen atoms in total. The molecule has 1 fully saturated rings. The SMILES string of the molecule is COc1ccc(OC)c(-c2csc(NC(=O)CC(C)C3CCCNC3)n2)c1.Cl. The van der Waals surface area contributed by atoms with Gasteiger partial charge in [-0.3, -0.25) is 4.79 Å². The van der Waals surface area contributed by atoms with Crippen molar-refractivity contribution in [1.82, 2.24) is 10.3 Å². The number of halogens is 1. The molecular formula is C20H28ClN3O3S. The summed E-state index contributed by atoms with van der Waals surface area (Å²) in [7, 11) is 3.25. The van der Waals surface area contributed by atoms with Crippen LogP contribution in [-0.2, 0) is 4.79 Å². The maximum atomic E-state index is 12.4. The van der Waals surface area contributed by atoms with E-state index in [9.17, 15) is 4.79 Å². The monoisotopic (exact) mass is 425 g/mol. The van der Waals surface area contributed by atoms with E-state index in [0.29, 0.717) is 23.4 Å². The minimum absolute atomic E-state index is 0. The number of anilines is 1. The van der Waals surface area contributed by atoms with Gasteiger partial charge in [0.2, 0.25) is 5.91 Å². The van der Waals surface area contributed by atoms with Crippen molar-refractivity contribution in [3.8, 4) is 22.8 Å². The molecule has 0 spiro atoms. The van der Waals surface area contributed by atoms with E-state index in [1.165, 1.54) is 24.2 Å². The van der Waals surface area contributed by atoms with Crippen LogP contribution >= 0.6 is 23.7 Å². The van der Waals surface area contributed by atoms with Crippen molar-refractivity contribution < 1.29 is 14.3 Å². The lowest BCUT2D eigenvalue weighted by Crippen LogP contribution is -2.34. The van der Waals surface area contributed by atoms with Crippen molar-refractivity contribution in [2.75, 3.05) is 32.6 Å². The second kappa shape index (κ2) is 10.6. The number of hydrogen-bond acceptors (Lipinski definition) is 6. The van der Waals surface area contributed by atoms with E-state index in [1.807, 2.05) is 23.6 Å². The summed E-state index contributed by atoms with van der Waals surface area (Å²) in [5, 5.41) is 8.88. The molecule has 0 bridgehead atoms. The number of aromatic nitrogens is 1.